The third-order valence-electron chi connectivity index (χ3n) is 26.6. The van der Waals surface area contributed by atoms with Crippen molar-refractivity contribution < 1.29 is 0 Å². The molecule has 10 heteroatoms. The van der Waals surface area contributed by atoms with E-state index in [1.54, 1.807) is 0 Å². The number of hydrogen-bond donors (Lipinski definition) is 0. The van der Waals surface area contributed by atoms with Crippen LogP contribution in [0, 0.1) is 34.0 Å². The van der Waals surface area contributed by atoms with Gasteiger partial charge in [0.05, 0.1) is 72.9 Å². The number of rotatable bonds is 6. The molecule has 6 aromatic heterocycles. The van der Waals surface area contributed by atoms with Gasteiger partial charge in [0.15, 0.2) is 5.69 Å². The second-order valence-corrected chi connectivity index (χ2v) is 33.0. The molecule has 3 aliphatic rings. The lowest BCUT2D eigenvalue weighted by atomic mass is 9.93. The number of pyridine rings is 2. The second kappa shape index (κ2) is 27.6. The van der Waals surface area contributed by atoms with Gasteiger partial charge in [-0.1, -0.05) is 297 Å². The maximum absolute atomic E-state index is 10.1. The van der Waals surface area contributed by atoms with Crippen molar-refractivity contribution in [3.8, 4) is 136 Å². The Kier molecular flexibility index (Phi) is 15.5. The van der Waals surface area contributed by atoms with Crippen LogP contribution in [0.15, 0.2) is 388 Å². The van der Waals surface area contributed by atoms with E-state index in [0.717, 1.165) is 105 Å². The van der Waals surface area contributed by atoms with Crippen molar-refractivity contribution in [1.82, 2.24) is 33.6 Å². The molecule has 0 bridgehead atoms. The fraction of sp³-hybridized carbons (Fsp3) is 0. The number of aromatic nitrogens is 7. The van der Waals surface area contributed by atoms with Crippen molar-refractivity contribution in [3.05, 3.63) is 405 Å². The third kappa shape index (κ3) is 10.6. The van der Waals surface area contributed by atoms with Crippen LogP contribution >= 0.6 is 0 Å². The van der Waals surface area contributed by atoms with Gasteiger partial charge in [0, 0.05) is 48.5 Å². The lowest BCUT2D eigenvalue weighted by Gasteiger charge is -2.11. The first-order valence-corrected chi connectivity index (χ1v) is 42.7. The largest absolute Gasteiger partial charge is 0.294 e. The summed E-state index contributed by atoms with van der Waals surface area (Å²) < 4.78 is 6.48. The fourth-order valence-corrected chi connectivity index (χ4v) is 21.1. The minimum atomic E-state index is 0.377. The number of nitrogens with zero attached hydrogens (tertiary/aromatic N) is 10. The third-order valence-corrected chi connectivity index (χ3v) is 26.6. The summed E-state index contributed by atoms with van der Waals surface area (Å²) in [5.74, 6) is 2.00. The van der Waals surface area contributed by atoms with Crippen molar-refractivity contribution >= 4 is 141 Å². The number of para-hydroxylation sites is 5. The van der Waals surface area contributed by atoms with E-state index in [9.17, 15) is 15.8 Å². The molecule has 0 aliphatic heterocycles. The lowest BCUT2D eigenvalue weighted by Crippen LogP contribution is -2.03. The molecule has 10 nitrogen and oxygen atoms in total. The van der Waals surface area contributed by atoms with Gasteiger partial charge in [-0.2, -0.15) is 15.8 Å². The van der Waals surface area contributed by atoms with Crippen LogP contribution in [0.2, 0.25) is 0 Å². The van der Waals surface area contributed by atoms with Crippen LogP contribution in [-0.2, 0) is 0 Å². The van der Waals surface area contributed by atoms with E-state index in [2.05, 4.69) is 329 Å². The van der Waals surface area contributed by atoms with Gasteiger partial charge in [-0.05, 0) is 234 Å². The number of fused-ring (bicyclic) bond motifs is 23. The van der Waals surface area contributed by atoms with Crippen LogP contribution in [0.3, 0.4) is 0 Å². The summed E-state index contributed by atoms with van der Waals surface area (Å²) in [5.41, 5.74) is 33.2. The highest BCUT2D eigenvalue weighted by Gasteiger charge is 2.29. The van der Waals surface area contributed by atoms with Crippen molar-refractivity contribution in [2.75, 3.05) is 0 Å². The summed E-state index contributed by atoms with van der Waals surface area (Å²) >= 11 is 0. The van der Waals surface area contributed by atoms with Crippen LogP contribution in [-0.4, -0.2) is 33.6 Å². The molecule has 0 fully saturated rings. The van der Waals surface area contributed by atoms with E-state index in [1.165, 1.54) is 148 Å². The maximum atomic E-state index is 10.1. The van der Waals surface area contributed by atoms with Gasteiger partial charge in [0.2, 0.25) is 5.95 Å². The fourth-order valence-electron chi connectivity index (χ4n) is 21.1. The van der Waals surface area contributed by atoms with Crippen molar-refractivity contribution in [2.45, 2.75) is 0 Å². The molecule has 0 spiro atoms. The summed E-state index contributed by atoms with van der Waals surface area (Å²) in [5, 5.41) is 49.5. The van der Waals surface area contributed by atoms with Crippen molar-refractivity contribution in [1.29, 1.82) is 15.8 Å². The Bertz CT molecular complexity index is 8930. The molecule has 0 saturated heterocycles. The number of hydrogen-bond acceptors (Lipinski definition) is 7. The Hall–Kier alpha value is -17.8. The number of nitriles is 3. The minimum absolute atomic E-state index is 0.377. The van der Waals surface area contributed by atoms with E-state index >= 15 is 0 Å². The highest BCUT2D eigenvalue weighted by Crippen LogP contribution is 2.54. The summed E-state index contributed by atoms with van der Waals surface area (Å²) in [6, 6.07) is 144. The van der Waals surface area contributed by atoms with E-state index in [0.29, 0.717) is 22.8 Å². The molecule has 0 N–H and O–H groups in total. The highest BCUT2D eigenvalue weighted by molar-refractivity contribution is 6.26. The van der Waals surface area contributed by atoms with Gasteiger partial charge in [-0.25, -0.2) is 19.9 Å². The average molecular weight is 1610 g/mol. The average Bonchev–Trinajstić information content (AvgIpc) is 1.59. The highest BCUT2D eigenvalue weighted by atomic mass is 15.2. The summed E-state index contributed by atoms with van der Waals surface area (Å²) in [6.45, 7) is 0. The smallest absolute Gasteiger partial charge is 0.236 e. The first-order valence-electron chi connectivity index (χ1n) is 42.7. The first-order chi connectivity index (χ1) is 62.9. The normalized spacial score (nSPS) is 11.9. The maximum Gasteiger partial charge on any atom is 0.236 e. The Labute approximate surface area is 726 Å². The van der Waals surface area contributed by atoms with Gasteiger partial charge in [0.25, 0.3) is 0 Å². The SMILES string of the molecule is N#Cc1cc(-n2c3ccc(-c4ccc5c6c(cccc46)-c4ccccc4-5)cc3c3c4ccccc4ccc32)nc2ccccc12.N#Cc1cc(-n2c3ccccc3c3cc(-c4ccc5c6c(cccc46)-c4ccccc4-5)ccc32)nc2ccccc12.N#Cc1nc(-n2c3ccccc3c3cc(-c4ccc5c6c(cccc46)-c4ccccc4-5)ccc32)nc2ccccc12. The molecule has 0 saturated carbocycles. The van der Waals surface area contributed by atoms with Gasteiger partial charge < -0.3 is 0 Å². The summed E-state index contributed by atoms with van der Waals surface area (Å²) in [4.78, 5) is 19.7. The Morgan fingerprint density at radius 3 is 0.969 bits per heavy atom. The molecule has 28 rings (SSSR count). The Morgan fingerprint density at radius 2 is 0.512 bits per heavy atom. The van der Waals surface area contributed by atoms with E-state index in [1.807, 2.05) is 91.0 Å². The summed E-state index contributed by atoms with van der Waals surface area (Å²) in [6.07, 6.45) is 0. The molecule has 3 aliphatic carbocycles. The molecule has 25 aromatic rings. The molecule has 19 aromatic carbocycles. The predicted molar refractivity (Wildman–Crippen MR) is 520 cm³/mol. The molecule has 6 heterocycles. The van der Waals surface area contributed by atoms with Gasteiger partial charge in [-0.3, -0.25) is 13.7 Å². The Morgan fingerprint density at radius 1 is 0.189 bits per heavy atom. The molecule has 127 heavy (non-hydrogen) atoms. The molecule has 0 unspecified atom stereocenters. The van der Waals surface area contributed by atoms with Crippen LogP contribution in [0.4, 0.5) is 0 Å². The minimum Gasteiger partial charge on any atom is -0.294 e. The molecule has 582 valence electrons. The van der Waals surface area contributed by atoms with Crippen LogP contribution < -0.4 is 0 Å². The van der Waals surface area contributed by atoms with E-state index < -0.39 is 0 Å². The monoisotopic (exact) mass is 1610 g/mol. The first kappa shape index (κ1) is 71.0. The zero-order valence-corrected chi connectivity index (χ0v) is 67.9. The van der Waals surface area contributed by atoms with Crippen molar-refractivity contribution in [2.24, 2.45) is 0 Å². The Balaban J connectivity index is 0.000000101. The standard InChI is InChI=1S/C42H23N3.C38H21N3.C37H20N4/c43-24-27-23-40(44-37-15-6-5-9-29(27)37)45-38-20-17-26(22-36(38)42-30-10-2-1-8-25(30)16-21-39(42)45)28-18-19-35-32-12-4-3-11-31(32)34-14-7-13-33(28)41(34)35;39-22-24-21-37(40-34-14-5-3-8-26(24)34)41-35-15-6-4-11-29(35)33-20-23(16-19-36(33)41)25-17-18-32-28-10-2-1-9-27(28)31-13-7-12-30(25)38(31)32;38-21-33-30-11-3-5-14-32(30)39-37(40-33)41-34-15-6-4-10-26(34)31-20-22(16-19-35(31)41)23-17-18-29-25-9-2-1-8-24(25)28-13-7-12-27(23)36(28)29/h1-23H;1-21H;1-20H. The topological polar surface area (TPSA) is 138 Å². The summed E-state index contributed by atoms with van der Waals surface area (Å²) in [7, 11) is 0. The van der Waals surface area contributed by atoms with Crippen LogP contribution in [0.25, 0.3) is 259 Å². The van der Waals surface area contributed by atoms with Crippen LogP contribution in [0.5, 0.6) is 0 Å². The number of benzene rings is 19. The van der Waals surface area contributed by atoms with Gasteiger partial charge in [-0.15, -0.1) is 0 Å². The molecule has 0 atom stereocenters. The van der Waals surface area contributed by atoms with E-state index in [-0.39, 0.29) is 0 Å². The quantitative estimate of drug-likeness (QED) is 0.162. The molecular formula is C117H64N10. The second-order valence-electron chi connectivity index (χ2n) is 33.0. The molecular weight excluding hydrogens is 1550 g/mol. The molecule has 0 amide bonds. The zero-order chi connectivity index (χ0) is 83.8. The van der Waals surface area contributed by atoms with E-state index in [4.69, 9.17) is 19.9 Å². The lowest BCUT2D eigenvalue weighted by molar-refractivity contribution is 1.00. The van der Waals surface area contributed by atoms with Crippen LogP contribution in [0.1, 0.15) is 16.8 Å². The predicted octanol–water partition coefficient (Wildman–Crippen LogP) is 29.6. The van der Waals surface area contributed by atoms with Crippen molar-refractivity contribution in [3.63, 3.8) is 0 Å². The van der Waals surface area contributed by atoms with Gasteiger partial charge >= 0.3 is 0 Å². The molecule has 0 radical (unpaired) electrons. The van der Waals surface area contributed by atoms with Gasteiger partial charge in [0.1, 0.15) is 17.7 Å². The zero-order valence-electron chi connectivity index (χ0n) is 67.9.